The van der Waals surface area contributed by atoms with Crippen LogP contribution in [0, 0.1) is 5.82 Å². The first-order valence-electron chi connectivity index (χ1n) is 7.90. The van der Waals surface area contributed by atoms with Gasteiger partial charge in [-0.1, -0.05) is 34.4 Å². The van der Waals surface area contributed by atoms with Crippen molar-refractivity contribution in [3.63, 3.8) is 0 Å². The second-order valence-electron chi connectivity index (χ2n) is 5.67. The molecule has 25 heavy (non-hydrogen) atoms. The molecule has 0 spiro atoms. The molecule has 0 radical (unpaired) electrons. The Bertz CT molecular complexity index is 836. The highest BCUT2D eigenvalue weighted by molar-refractivity contribution is 9.10. The van der Waals surface area contributed by atoms with E-state index in [4.69, 9.17) is 4.74 Å². The number of aromatic nitrogens is 4. The molecule has 1 aromatic carbocycles. The van der Waals surface area contributed by atoms with Gasteiger partial charge in [0.05, 0.1) is 12.2 Å². The number of rotatable bonds is 5. The molecule has 0 unspecified atom stereocenters. The average molecular weight is 410 g/mol. The Morgan fingerprint density at radius 3 is 3.04 bits per heavy atom. The number of nitrogens with zero attached hydrogens (tertiary/aromatic N) is 4. The minimum absolute atomic E-state index is 0.284. The van der Waals surface area contributed by atoms with Gasteiger partial charge < -0.3 is 10.1 Å². The molecule has 1 aliphatic heterocycles. The lowest BCUT2D eigenvalue weighted by atomic mass is 9.95. The van der Waals surface area contributed by atoms with Crippen molar-refractivity contribution in [1.29, 1.82) is 0 Å². The highest BCUT2D eigenvalue weighted by Gasteiger charge is 2.36. The normalized spacial score (nSPS) is 16.4. The fraction of sp³-hybridized carbons (Fsp3) is 0.375. The summed E-state index contributed by atoms with van der Waals surface area (Å²) in [5, 5.41) is 14.4. The second-order valence-corrected chi connectivity index (χ2v) is 6.58. The van der Waals surface area contributed by atoms with Gasteiger partial charge in [0, 0.05) is 15.7 Å². The van der Waals surface area contributed by atoms with Gasteiger partial charge in [0.2, 0.25) is 5.95 Å². The van der Waals surface area contributed by atoms with E-state index in [-0.39, 0.29) is 11.1 Å². The number of hydrogen-bond donors (Lipinski definition) is 1. The third-order valence-electron chi connectivity index (χ3n) is 3.92. The molecule has 1 aliphatic rings. The molecular formula is C16H17BrFN5O2. The predicted octanol–water partition coefficient (Wildman–Crippen LogP) is 3.21. The van der Waals surface area contributed by atoms with E-state index in [1.165, 1.54) is 10.7 Å². The monoisotopic (exact) mass is 409 g/mol. The number of esters is 1. The summed E-state index contributed by atoms with van der Waals surface area (Å²) in [6, 6.07) is 3.73. The molecule has 0 amide bonds. The Kier molecular flexibility index (Phi) is 5.12. The van der Waals surface area contributed by atoms with Crippen molar-refractivity contribution in [2.45, 2.75) is 32.7 Å². The minimum Gasteiger partial charge on any atom is -0.462 e. The van der Waals surface area contributed by atoms with Crippen LogP contribution in [0.5, 0.6) is 0 Å². The fourth-order valence-electron chi connectivity index (χ4n) is 2.68. The van der Waals surface area contributed by atoms with E-state index in [9.17, 15) is 9.18 Å². The minimum atomic E-state index is -0.808. The molecule has 3 rings (SSSR count). The summed E-state index contributed by atoms with van der Waals surface area (Å²) in [6.07, 6.45) is 1.67. The van der Waals surface area contributed by atoms with Gasteiger partial charge in [-0.3, -0.25) is 0 Å². The van der Waals surface area contributed by atoms with Crippen LogP contribution < -0.4 is 5.32 Å². The van der Waals surface area contributed by atoms with E-state index < -0.39 is 17.8 Å². The Hall–Kier alpha value is -2.29. The molecule has 1 atom stereocenters. The lowest BCUT2D eigenvalue weighted by molar-refractivity contribution is -0.139. The zero-order valence-corrected chi connectivity index (χ0v) is 15.4. The first-order valence-corrected chi connectivity index (χ1v) is 8.70. The largest absolute Gasteiger partial charge is 0.462 e. The van der Waals surface area contributed by atoms with Crippen molar-refractivity contribution in [3.8, 4) is 0 Å². The van der Waals surface area contributed by atoms with Gasteiger partial charge in [0.1, 0.15) is 11.9 Å². The molecule has 132 valence electrons. The molecule has 1 N–H and O–H groups in total. The van der Waals surface area contributed by atoms with Crippen LogP contribution in [0.3, 0.4) is 0 Å². The first-order chi connectivity index (χ1) is 12.0. The lowest BCUT2D eigenvalue weighted by Gasteiger charge is -2.27. The van der Waals surface area contributed by atoms with Gasteiger partial charge in [0.15, 0.2) is 0 Å². The number of fused-ring (bicyclic) bond motifs is 1. The van der Waals surface area contributed by atoms with E-state index in [0.29, 0.717) is 22.7 Å². The van der Waals surface area contributed by atoms with Gasteiger partial charge >= 0.3 is 5.97 Å². The van der Waals surface area contributed by atoms with Crippen molar-refractivity contribution >= 4 is 27.8 Å². The maximum Gasteiger partial charge on any atom is 0.338 e. The Morgan fingerprint density at radius 2 is 2.28 bits per heavy atom. The molecule has 0 aliphatic carbocycles. The second kappa shape index (κ2) is 7.30. The number of hydrogen-bond acceptors (Lipinski definition) is 6. The SMILES string of the molecule is CCCCOC(=O)C1=C(C)Nc2nnnn2[C@H]1c1cc(Br)ccc1F. The van der Waals surface area contributed by atoms with Crippen molar-refractivity contribution in [1.82, 2.24) is 20.2 Å². The maximum atomic E-state index is 14.5. The number of allylic oxidation sites excluding steroid dienone is 1. The Labute approximate surface area is 152 Å². The molecule has 0 bridgehead atoms. The average Bonchev–Trinajstić information content (AvgIpc) is 3.04. The molecule has 9 heteroatoms. The van der Waals surface area contributed by atoms with Crippen LogP contribution in [-0.2, 0) is 9.53 Å². The van der Waals surface area contributed by atoms with E-state index in [0.717, 1.165) is 12.8 Å². The molecule has 2 heterocycles. The molecule has 0 saturated carbocycles. The number of ether oxygens (including phenoxy) is 1. The Balaban J connectivity index is 2.07. The van der Waals surface area contributed by atoms with Crippen LogP contribution in [0.2, 0.25) is 0 Å². The van der Waals surface area contributed by atoms with Gasteiger partial charge in [0.25, 0.3) is 0 Å². The predicted molar refractivity (Wildman–Crippen MR) is 92.2 cm³/mol. The molecule has 0 saturated heterocycles. The maximum absolute atomic E-state index is 14.5. The number of unbranched alkanes of at least 4 members (excludes halogenated alkanes) is 1. The number of carbonyl (C=O) groups is 1. The van der Waals surface area contributed by atoms with Gasteiger partial charge in [-0.25, -0.2) is 9.18 Å². The van der Waals surface area contributed by atoms with Crippen LogP contribution in [0.1, 0.15) is 38.3 Å². The molecule has 2 aromatic rings. The van der Waals surface area contributed by atoms with Crippen molar-refractivity contribution in [2.24, 2.45) is 0 Å². The molecule has 1 aromatic heterocycles. The van der Waals surface area contributed by atoms with Crippen LogP contribution in [0.4, 0.5) is 10.3 Å². The van der Waals surface area contributed by atoms with Gasteiger partial charge in [-0.15, -0.1) is 0 Å². The molecular weight excluding hydrogens is 393 g/mol. The summed E-state index contributed by atoms with van der Waals surface area (Å²) >= 11 is 3.34. The van der Waals surface area contributed by atoms with E-state index in [2.05, 4.69) is 36.8 Å². The quantitative estimate of drug-likeness (QED) is 0.602. The van der Waals surface area contributed by atoms with E-state index >= 15 is 0 Å². The number of carbonyl (C=O) groups excluding carboxylic acids is 1. The standard InChI is InChI=1S/C16H17BrFN5O2/c1-3-4-7-25-15(24)13-9(2)19-16-20-21-22-23(16)14(13)11-8-10(17)5-6-12(11)18/h5-6,8,14H,3-4,7H2,1-2H3,(H,19,20,22)/t14-/m0/s1. The number of anilines is 1. The summed E-state index contributed by atoms with van der Waals surface area (Å²) < 4.78 is 22.0. The Morgan fingerprint density at radius 1 is 1.48 bits per heavy atom. The highest BCUT2D eigenvalue weighted by Crippen LogP contribution is 2.36. The molecule has 0 fully saturated rings. The third-order valence-corrected chi connectivity index (χ3v) is 4.41. The first kappa shape index (κ1) is 17.5. The van der Waals surface area contributed by atoms with Crippen LogP contribution in [0.15, 0.2) is 33.9 Å². The topological polar surface area (TPSA) is 81.9 Å². The van der Waals surface area contributed by atoms with E-state index in [1.54, 1.807) is 19.1 Å². The summed E-state index contributed by atoms with van der Waals surface area (Å²) in [4.78, 5) is 12.7. The summed E-state index contributed by atoms with van der Waals surface area (Å²) in [7, 11) is 0. The van der Waals surface area contributed by atoms with Crippen LogP contribution in [0.25, 0.3) is 0 Å². The van der Waals surface area contributed by atoms with Crippen molar-refractivity contribution < 1.29 is 13.9 Å². The smallest absolute Gasteiger partial charge is 0.338 e. The highest BCUT2D eigenvalue weighted by atomic mass is 79.9. The van der Waals surface area contributed by atoms with Crippen molar-refractivity contribution in [3.05, 3.63) is 45.3 Å². The van der Waals surface area contributed by atoms with E-state index in [1.807, 2.05) is 6.92 Å². The number of tetrazole rings is 1. The summed E-state index contributed by atoms with van der Waals surface area (Å²) in [5.74, 6) is -0.626. The fourth-order valence-corrected chi connectivity index (χ4v) is 3.05. The lowest BCUT2D eigenvalue weighted by Crippen LogP contribution is -2.30. The zero-order valence-electron chi connectivity index (χ0n) is 13.8. The molecule has 7 nitrogen and oxygen atoms in total. The van der Waals surface area contributed by atoms with Crippen LogP contribution >= 0.6 is 15.9 Å². The third kappa shape index (κ3) is 3.41. The number of halogens is 2. The zero-order chi connectivity index (χ0) is 18.0. The van der Waals surface area contributed by atoms with Crippen LogP contribution in [-0.4, -0.2) is 32.8 Å². The number of nitrogens with one attached hydrogen (secondary N) is 1. The number of benzene rings is 1. The van der Waals surface area contributed by atoms with Crippen molar-refractivity contribution in [2.75, 3.05) is 11.9 Å². The van der Waals surface area contributed by atoms with Gasteiger partial charge in [-0.05, 0) is 42.0 Å². The van der Waals surface area contributed by atoms with Gasteiger partial charge in [-0.2, -0.15) is 4.68 Å². The summed E-state index contributed by atoms with van der Waals surface area (Å²) in [5.41, 5.74) is 1.10. The summed E-state index contributed by atoms with van der Waals surface area (Å²) in [6.45, 7) is 4.04.